The van der Waals surface area contributed by atoms with Gasteiger partial charge in [0.1, 0.15) is 5.76 Å². The minimum Gasteiger partial charge on any atom is -0.469 e. The zero-order chi connectivity index (χ0) is 14.6. The van der Waals surface area contributed by atoms with Crippen molar-refractivity contribution >= 4 is 0 Å². The fourth-order valence-electron chi connectivity index (χ4n) is 1.95. The first kappa shape index (κ1) is 14.7. The van der Waals surface area contributed by atoms with Crippen LogP contribution in [0.25, 0.3) is 0 Å². The highest BCUT2D eigenvalue weighted by atomic mass is 19.4. The average Bonchev–Trinajstić information content (AvgIpc) is 2.91. The van der Waals surface area contributed by atoms with E-state index in [4.69, 9.17) is 4.42 Å². The maximum absolute atomic E-state index is 12.5. The van der Waals surface area contributed by atoms with Gasteiger partial charge in [0.05, 0.1) is 11.8 Å². The van der Waals surface area contributed by atoms with Crippen molar-refractivity contribution in [3.63, 3.8) is 0 Å². The Balaban J connectivity index is 1.87. The van der Waals surface area contributed by atoms with Gasteiger partial charge in [0.25, 0.3) is 0 Å². The van der Waals surface area contributed by atoms with Gasteiger partial charge in [-0.3, -0.25) is 0 Å². The molecule has 0 fully saturated rings. The lowest BCUT2D eigenvalue weighted by Gasteiger charge is -2.15. The van der Waals surface area contributed by atoms with Gasteiger partial charge in [0.2, 0.25) is 0 Å². The summed E-state index contributed by atoms with van der Waals surface area (Å²) in [6.45, 7) is 2.63. The van der Waals surface area contributed by atoms with Crippen LogP contribution in [0, 0.1) is 0 Å². The second kappa shape index (κ2) is 6.13. The molecular weight excluding hydrogens is 267 g/mol. The van der Waals surface area contributed by atoms with Crippen LogP contribution in [-0.4, -0.2) is 6.54 Å². The van der Waals surface area contributed by atoms with E-state index in [0.717, 1.165) is 29.9 Å². The third kappa shape index (κ3) is 3.87. The number of rotatable bonds is 5. The zero-order valence-corrected chi connectivity index (χ0v) is 11.1. The zero-order valence-electron chi connectivity index (χ0n) is 11.1. The molecule has 20 heavy (non-hydrogen) atoms. The number of furan rings is 1. The maximum Gasteiger partial charge on any atom is 0.416 e. The number of hydrogen-bond acceptors (Lipinski definition) is 2. The van der Waals surface area contributed by atoms with Crippen LogP contribution in [0.15, 0.2) is 47.1 Å². The second-order valence-electron chi connectivity index (χ2n) is 4.62. The molecule has 1 aromatic heterocycles. The van der Waals surface area contributed by atoms with E-state index < -0.39 is 11.7 Å². The van der Waals surface area contributed by atoms with E-state index in [1.54, 1.807) is 6.26 Å². The first-order valence-corrected chi connectivity index (χ1v) is 6.40. The van der Waals surface area contributed by atoms with Gasteiger partial charge in [-0.25, -0.2) is 0 Å². The number of benzene rings is 1. The second-order valence-corrected chi connectivity index (χ2v) is 4.62. The fraction of sp³-hybridized carbons (Fsp3) is 0.333. The Morgan fingerprint density at radius 2 is 1.85 bits per heavy atom. The minimum atomic E-state index is -4.28. The molecule has 5 heteroatoms. The molecule has 0 aliphatic carbocycles. The van der Waals surface area contributed by atoms with Crippen LogP contribution in [-0.2, 0) is 12.6 Å². The van der Waals surface area contributed by atoms with Crippen molar-refractivity contribution in [1.82, 2.24) is 5.32 Å². The summed E-state index contributed by atoms with van der Waals surface area (Å²) < 4.78 is 42.6. The van der Waals surface area contributed by atoms with E-state index in [0.29, 0.717) is 6.54 Å². The van der Waals surface area contributed by atoms with Crippen molar-refractivity contribution in [3.05, 3.63) is 59.5 Å². The summed E-state index contributed by atoms with van der Waals surface area (Å²) in [7, 11) is 0. The molecule has 0 saturated heterocycles. The largest absolute Gasteiger partial charge is 0.469 e. The molecule has 1 aromatic carbocycles. The monoisotopic (exact) mass is 283 g/mol. The average molecular weight is 283 g/mol. The van der Waals surface area contributed by atoms with Crippen molar-refractivity contribution in [1.29, 1.82) is 0 Å². The van der Waals surface area contributed by atoms with Gasteiger partial charge in [-0.05, 0) is 36.8 Å². The first-order valence-electron chi connectivity index (χ1n) is 6.40. The van der Waals surface area contributed by atoms with Crippen molar-refractivity contribution in [2.24, 2.45) is 0 Å². The standard InChI is InChI=1S/C15H16F3NO/c1-11(19-9-8-14-3-2-10-20-14)12-4-6-13(7-5-12)15(16,17)18/h2-7,10-11,19H,8-9H2,1H3. The summed E-state index contributed by atoms with van der Waals surface area (Å²) >= 11 is 0. The third-order valence-corrected chi connectivity index (χ3v) is 3.14. The molecule has 2 rings (SSSR count). The molecule has 1 N–H and O–H groups in total. The van der Waals surface area contributed by atoms with Crippen LogP contribution in [0.1, 0.15) is 29.9 Å². The fourth-order valence-corrected chi connectivity index (χ4v) is 1.95. The van der Waals surface area contributed by atoms with E-state index in [1.165, 1.54) is 12.1 Å². The lowest BCUT2D eigenvalue weighted by Crippen LogP contribution is -2.21. The van der Waals surface area contributed by atoms with Crippen molar-refractivity contribution in [2.75, 3.05) is 6.54 Å². The van der Waals surface area contributed by atoms with Gasteiger partial charge in [0, 0.05) is 19.0 Å². The third-order valence-electron chi connectivity index (χ3n) is 3.14. The van der Waals surface area contributed by atoms with Gasteiger partial charge < -0.3 is 9.73 Å². The Morgan fingerprint density at radius 3 is 2.40 bits per heavy atom. The van der Waals surface area contributed by atoms with Crippen LogP contribution in [0.4, 0.5) is 13.2 Å². The summed E-state index contributed by atoms with van der Waals surface area (Å²) in [6, 6.07) is 8.95. The predicted octanol–water partition coefficient (Wildman–Crippen LogP) is 4.19. The molecule has 0 spiro atoms. The smallest absolute Gasteiger partial charge is 0.416 e. The Hall–Kier alpha value is -1.75. The molecule has 0 saturated carbocycles. The van der Waals surface area contributed by atoms with Crippen molar-refractivity contribution < 1.29 is 17.6 Å². The SMILES string of the molecule is CC(NCCc1ccco1)c1ccc(C(F)(F)F)cc1. The molecule has 1 atom stereocenters. The Morgan fingerprint density at radius 1 is 1.15 bits per heavy atom. The number of hydrogen-bond donors (Lipinski definition) is 1. The predicted molar refractivity (Wildman–Crippen MR) is 70.3 cm³/mol. The van der Waals surface area contributed by atoms with Crippen LogP contribution in [0.5, 0.6) is 0 Å². The molecule has 0 aliphatic rings. The quantitative estimate of drug-likeness (QED) is 0.890. The van der Waals surface area contributed by atoms with Crippen LogP contribution in [0.2, 0.25) is 0 Å². The molecule has 1 unspecified atom stereocenters. The van der Waals surface area contributed by atoms with Gasteiger partial charge in [-0.2, -0.15) is 13.2 Å². The molecule has 0 amide bonds. The van der Waals surface area contributed by atoms with Crippen LogP contribution in [0.3, 0.4) is 0 Å². The van der Waals surface area contributed by atoms with E-state index in [-0.39, 0.29) is 6.04 Å². The summed E-state index contributed by atoms with van der Waals surface area (Å²) in [4.78, 5) is 0. The van der Waals surface area contributed by atoms with Crippen LogP contribution < -0.4 is 5.32 Å². The Labute approximate surface area is 115 Å². The maximum atomic E-state index is 12.5. The summed E-state index contributed by atoms with van der Waals surface area (Å²) in [5.74, 6) is 0.886. The molecule has 0 aliphatic heterocycles. The summed E-state index contributed by atoms with van der Waals surface area (Å²) in [6.07, 6.45) is -1.92. The highest BCUT2D eigenvalue weighted by molar-refractivity contribution is 5.26. The highest BCUT2D eigenvalue weighted by Gasteiger charge is 2.30. The van der Waals surface area contributed by atoms with Gasteiger partial charge in [-0.15, -0.1) is 0 Å². The van der Waals surface area contributed by atoms with E-state index in [2.05, 4.69) is 5.32 Å². The molecule has 0 radical (unpaired) electrons. The topological polar surface area (TPSA) is 25.2 Å². The summed E-state index contributed by atoms with van der Waals surface area (Å²) in [5, 5.41) is 3.25. The van der Waals surface area contributed by atoms with Gasteiger partial charge in [-0.1, -0.05) is 12.1 Å². The highest BCUT2D eigenvalue weighted by Crippen LogP contribution is 2.29. The normalized spacial score (nSPS) is 13.4. The van der Waals surface area contributed by atoms with E-state index in [1.807, 2.05) is 19.1 Å². The Kier molecular flexibility index (Phi) is 4.49. The Bertz CT molecular complexity index is 517. The van der Waals surface area contributed by atoms with Gasteiger partial charge in [0.15, 0.2) is 0 Å². The molecular formula is C15H16F3NO. The molecule has 1 heterocycles. The van der Waals surface area contributed by atoms with Gasteiger partial charge >= 0.3 is 6.18 Å². The molecule has 2 nitrogen and oxygen atoms in total. The van der Waals surface area contributed by atoms with Crippen LogP contribution >= 0.6 is 0 Å². The van der Waals surface area contributed by atoms with Crippen molar-refractivity contribution in [3.8, 4) is 0 Å². The minimum absolute atomic E-state index is 0.00718. The molecule has 0 bridgehead atoms. The molecule has 108 valence electrons. The van der Waals surface area contributed by atoms with E-state index in [9.17, 15) is 13.2 Å². The lowest BCUT2D eigenvalue weighted by molar-refractivity contribution is -0.137. The molecule has 2 aromatic rings. The van der Waals surface area contributed by atoms with E-state index >= 15 is 0 Å². The summed E-state index contributed by atoms with van der Waals surface area (Å²) in [5.41, 5.74) is 0.210. The number of alkyl halides is 3. The number of halogens is 3. The lowest BCUT2D eigenvalue weighted by atomic mass is 10.1. The number of nitrogens with one attached hydrogen (secondary N) is 1. The van der Waals surface area contributed by atoms with Crippen molar-refractivity contribution in [2.45, 2.75) is 25.6 Å². The first-order chi connectivity index (χ1) is 9.47.